The standard InChI is InChI=1S/C10H19NO2/c1-3-10(13-9(12)11-2)7-5-4-6-8-10/h3-8H2,1-2H3,(H,11,12). The first kappa shape index (κ1) is 10.4. The van der Waals surface area contributed by atoms with Crippen molar-refractivity contribution in [1.29, 1.82) is 0 Å². The van der Waals surface area contributed by atoms with Crippen LogP contribution in [-0.4, -0.2) is 18.7 Å². The summed E-state index contributed by atoms with van der Waals surface area (Å²) in [5.74, 6) is 0. The summed E-state index contributed by atoms with van der Waals surface area (Å²) in [6.45, 7) is 2.09. The molecule has 0 unspecified atom stereocenters. The van der Waals surface area contributed by atoms with Gasteiger partial charge in [0.15, 0.2) is 0 Å². The average molecular weight is 185 g/mol. The van der Waals surface area contributed by atoms with E-state index in [4.69, 9.17) is 4.74 Å². The molecule has 13 heavy (non-hydrogen) atoms. The second-order valence-electron chi connectivity index (χ2n) is 3.74. The fraction of sp³-hybridized carbons (Fsp3) is 0.900. The number of nitrogens with one attached hydrogen (secondary N) is 1. The van der Waals surface area contributed by atoms with Crippen LogP contribution >= 0.6 is 0 Å². The fourth-order valence-corrected chi connectivity index (χ4v) is 1.97. The van der Waals surface area contributed by atoms with E-state index >= 15 is 0 Å². The smallest absolute Gasteiger partial charge is 0.407 e. The van der Waals surface area contributed by atoms with Gasteiger partial charge in [0, 0.05) is 7.05 Å². The summed E-state index contributed by atoms with van der Waals surface area (Å²) in [4.78, 5) is 11.1. The molecule has 0 heterocycles. The molecule has 0 aromatic rings. The van der Waals surface area contributed by atoms with Gasteiger partial charge in [0.25, 0.3) is 0 Å². The summed E-state index contributed by atoms with van der Waals surface area (Å²) < 4.78 is 5.43. The van der Waals surface area contributed by atoms with E-state index in [0.29, 0.717) is 0 Å². The minimum Gasteiger partial charge on any atom is -0.443 e. The Morgan fingerprint density at radius 1 is 1.38 bits per heavy atom. The maximum absolute atomic E-state index is 11.1. The predicted octanol–water partition coefficient (Wildman–Crippen LogP) is 2.46. The zero-order valence-corrected chi connectivity index (χ0v) is 8.56. The van der Waals surface area contributed by atoms with E-state index in [9.17, 15) is 4.79 Å². The molecule has 1 saturated carbocycles. The Morgan fingerprint density at radius 3 is 2.46 bits per heavy atom. The van der Waals surface area contributed by atoms with Crippen LogP contribution < -0.4 is 5.32 Å². The molecule has 3 heteroatoms. The number of amides is 1. The lowest BCUT2D eigenvalue weighted by atomic mass is 9.83. The van der Waals surface area contributed by atoms with Crippen LogP contribution in [0.15, 0.2) is 0 Å². The van der Waals surface area contributed by atoms with Gasteiger partial charge in [-0.25, -0.2) is 4.79 Å². The van der Waals surface area contributed by atoms with Gasteiger partial charge in [-0.1, -0.05) is 13.3 Å². The molecule has 0 saturated heterocycles. The molecule has 1 amide bonds. The van der Waals surface area contributed by atoms with E-state index in [2.05, 4.69) is 12.2 Å². The van der Waals surface area contributed by atoms with Crippen molar-refractivity contribution in [2.24, 2.45) is 0 Å². The normalized spacial score (nSPS) is 20.8. The minimum atomic E-state index is -0.288. The highest BCUT2D eigenvalue weighted by Crippen LogP contribution is 2.34. The number of carbonyl (C=O) groups is 1. The quantitative estimate of drug-likeness (QED) is 0.717. The molecule has 0 aromatic carbocycles. The Kier molecular flexibility index (Phi) is 3.58. The first-order chi connectivity index (χ1) is 6.22. The van der Waals surface area contributed by atoms with E-state index in [1.54, 1.807) is 7.05 Å². The zero-order valence-electron chi connectivity index (χ0n) is 8.56. The van der Waals surface area contributed by atoms with E-state index in [0.717, 1.165) is 19.3 Å². The molecule has 0 atom stereocenters. The number of hydrogen-bond acceptors (Lipinski definition) is 2. The molecule has 0 spiro atoms. The van der Waals surface area contributed by atoms with Crippen molar-refractivity contribution in [2.75, 3.05) is 7.05 Å². The Balaban J connectivity index is 2.52. The third kappa shape index (κ3) is 2.61. The largest absolute Gasteiger partial charge is 0.443 e. The van der Waals surface area contributed by atoms with Gasteiger partial charge in [0.2, 0.25) is 0 Å². The first-order valence-electron chi connectivity index (χ1n) is 5.13. The SMILES string of the molecule is CCC1(OC(=O)NC)CCCCC1. The van der Waals surface area contributed by atoms with E-state index in [1.807, 2.05) is 0 Å². The van der Waals surface area contributed by atoms with Gasteiger partial charge in [-0.2, -0.15) is 0 Å². The Hall–Kier alpha value is -0.730. The zero-order chi connectivity index (χ0) is 9.73. The lowest BCUT2D eigenvalue weighted by Gasteiger charge is -2.35. The molecular formula is C10H19NO2. The van der Waals surface area contributed by atoms with Gasteiger partial charge in [-0.3, -0.25) is 0 Å². The highest BCUT2D eigenvalue weighted by molar-refractivity contribution is 5.67. The summed E-state index contributed by atoms with van der Waals surface area (Å²) in [7, 11) is 1.61. The van der Waals surface area contributed by atoms with Crippen LogP contribution in [0.25, 0.3) is 0 Å². The molecular weight excluding hydrogens is 166 g/mol. The average Bonchev–Trinajstić information content (AvgIpc) is 2.19. The molecule has 1 rings (SSSR count). The highest BCUT2D eigenvalue weighted by Gasteiger charge is 2.33. The summed E-state index contributed by atoms with van der Waals surface area (Å²) in [6.07, 6.45) is 6.34. The lowest BCUT2D eigenvalue weighted by molar-refractivity contribution is -0.0185. The summed E-state index contributed by atoms with van der Waals surface area (Å²) in [5.41, 5.74) is -0.168. The third-order valence-corrected chi connectivity index (χ3v) is 2.92. The molecule has 1 aliphatic carbocycles. The molecule has 0 aliphatic heterocycles. The van der Waals surface area contributed by atoms with Crippen molar-refractivity contribution in [3.05, 3.63) is 0 Å². The van der Waals surface area contributed by atoms with Gasteiger partial charge in [0.05, 0.1) is 0 Å². The fourth-order valence-electron chi connectivity index (χ4n) is 1.97. The molecule has 1 aliphatic rings. The van der Waals surface area contributed by atoms with Crippen molar-refractivity contribution < 1.29 is 9.53 Å². The third-order valence-electron chi connectivity index (χ3n) is 2.92. The van der Waals surface area contributed by atoms with Crippen LogP contribution in [0.2, 0.25) is 0 Å². The van der Waals surface area contributed by atoms with Gasteiger partial charge in [-0.05, 0) is 32.1 Å². The van der Waals surface area contributed by atoms with Crippen molar-refractivity contribution in [1.82, 2.24) is 5.32 Å². The summed E-state index contributed by atoms with van der Waals surface area (Å²) in [6, 6.07) is 0. The molecule has 0 aromatic heterocycles. The monoisotopic (exact) mass is 185 g/mol. The van der Waals surface area contributed by atoms with Crippen molar-refractivity contribution in [2.45, 2.75) is 51.0 Å². The van der Waals surface area contributed by atoms with Crippen molar-refractivity contribution in [3.63, 3.8) is 0 Å². The van der Waals surface area contributed by atoms with Gasteiger partial charge < -0.3 is 10.1 Å². The van der Waals surface area contributed by atoms with E-state index in [1.165, 1.54) is 19.3 Å². The molecule has 0 bridgehead atoms. The van der Waals surface area contributed by atoms with Crippen LogP contribution in [-0.2, 0) is 4.74 Å². The van der Waals surface area contributed by atoms with Crippen LogP contribution in [0.1, 0.15) is 45.4 Å². The molecule has 76 valence electrons. The number of ether oxygens (including phenoxy) is 1. The van der Waals surface area contributed by atoms with Crippen LogP contribution in [0.5, 0.6) is 0 Å². The maximum Gasteiger partial charge on any atom is 0.407 e. The number of rotatable bonds is 2. The van der Waals surface area contributed by atoms with Crippen LogP contribution in [0.3, 0.4) is 0 Å². The Bertz CT molecular complexity index is 174. The highest BCUT2D eigenvalue weighted by atomic mass is 16.6. The van der Waals surface area contributed by atoms with Gasteiger partial charge in [0.1, 0.15) is 5.60 Å². The minimum absolute atomic E-state index is 0.168. The first-order valence-corrected chi connectivity index (χ1v) is 5.13. The topological polar surface area (TPSA) is 38.3 Å². The number of hydrogen-bond donors (Lipinski definition) is 1. The van der Waals surface area contributed by atoms with Gasteiger partial charge >= 0.3 is 6.09 Å². The lowest BCUT2D eigenvalue weighted by Crippen LogP contribution is -2.39. The Morgan fingerprint density at radius 2 is 2.00 bits per heavy atom. The van der Waals surface area contributed by atoms with E-state index < -0.39 is 0 Å². The van der Waals surface area contributed by atoms with E-state index in [-0.39, 0.29) is 11.7 Å². The van der Waals surface area contributed by atoms with Crippen LogP contribution in [0, 0.1) is 0 Å². The maximum atomic E-state index is 11.1. The predicted molar refractivity (Wildman–Crippen MR) is 51.6 cm³/mol. The number of alkyl carbamates (subject to hydrolysis) is 1. The van der Waals surface area contributed by atoms with Crippen molar-refractivity contribution >= 4 is 6.09 Å². The van der Waals surface area contributed by atoms with Gasteiger partial charge in [-0.15, -0.1) is 0 Å². The molecule has 0 radical (unpaired) electrons. The summed E-state index contributed by atoms with van der Waals surface area (Å²) >= 11 is 0. The second-order valence-corrected chi connectivity index (χ2v) is 3.74. The second kappa shape index (κ2) is 4.49. The molecule has 1 fully saturated rings. The van der Waals surface area contributed by atoms with Crippen molar-refractivity contribution in [3.8, 4) is 0 Å². The number of carbonyl (C=O) groups excluding carboxylic acids is 1. The summed E-state index contributed by atoms with van der Waals surface area (Å²) in [5, 5.41) is 2.51. The molecule has 3 nitrogen and oxygen atoms in total. The molecule has 1 N–H and O–H groups in total. The Labute approximate surface area is 79.8 Å². The van der Waals surface area contributed by atoms with Crippen LogP contribution in [0.4, 0.5) is 4.79 Å².